The molecule has 6 nitrogen and oxygen atoms in total. The predicted molar refractivity (Wildman–Crippen MR) is 92.0 cm³/mol. The lowest BCUT2D eigenvalue weighted by Gasteiger charge is -2.40. The van der Waals surface area contributed by atoms with Gasteiger partial charge in [-0.3, -0.25) is 0 Å². The topological polar surface area (TPSA) is 71.8 Å². The van der Waals surface area contributed by atoms with E-state index < -0.39 is 0 Å². The molecule has 4 rings (SSSR count). The summed E-state index contributed by atoms with van der Waals surface area (Å²) in [4.78, 5) is 0. The average molecular weight is 318 g/mol. The zero-order valence-electron chi connectivity index (χ0n) is 13.3. The van der Waals surface area contributed by atoms with Crippen LogP contribution < -0.4 is 5.01 Å². The molecule has 1 aromatic heterocycles. The zero-order chi connectivity index (χ0) is 16.4. The van der Waals surface area contributed by atoms with E-state index in [1.54, 1.807) is 6.20 Å². The van der Waals surface area contributed by atoms with Gasteiger partial charge in [0.1, 0.15) is 0 Å². The second-order valence-electron chi connectivity index (χ2n) is 5.97. The van der Waals surface area contributed by atoms with Gasteiger partial charge in [-0.2, -0.15) is 20.7 Å². The molecule has 6 heteroatoms. The van der Waals surface area contributed by atoms with Crippen LogP contribution in [-0.4, -0.2) is 33.5 Å². The van der Waals surface area contributed by atoms with Crippen molar-refractivity contribution in [3.8, 4) is 6.07 Å². The third-order valence-corrected chi connectivity index (χ3v) is 4.49. The summed E-state index contributed by atoms with van der Waals surface area (Å²) in [6, 6.07) is 14.4. The highest BCUT2D eigenvalue weighted by atomic mass is 15.6. The maximum Gasteiger partial charge on any atom is 0.0998 e. The second-order valence-corrected chi connectivity index (χ2v) is 5.97. The first-order valence-corrected chi connectivity index (χ1v) is 8.16. The number of hydrogen-bond donors (Lipinski definition) is 1. The normalized spacial score (nSPS) is 15.5. The predicted octanol–water partition coefficient (Wildman–Crippen LogP) is 2.85. The molecule has 0 saturated carbocycles. The Morgan fingerprint density at radius 2 is 1.92 bits per heavy atom. The molecule has 0 amide bonds. The Kier molecular flexibility index (Phi) is 3.85. The lowest BCUT2D eigenvalue weighted by atomic mass is 10.0. The third-order valence-electron chi connectivity index (χ3n) is 4.49. The van der Waals surface area contributed by atoms with Crippen molar-refractivity contribution in [2.75, 3.05) is 18.1 Å². The summed E-state index contributed by atoms with van der Waals surface area (Å²) >= 11 is 0. The average Bonchev–Trinajstić information content (AvgIpc) is 3.14. The molecular weight excluding hydrogens is 300 g/mol. The minimum atomic E-state index is 0.717. The lowest BCUT2D eigenvalue weighted by Crippen LogP contribution is -2.47. The van der Waals surface area contributed by atoms with Gasteiger partial charge in [0.25, 0.3) is 0 Å². The van der Waals surface area contributed by atoms with Crippen LogP contribution >= 0.6 is 0 Å². The van der Waals surface area contributed by atoms with E-state index in [0.29, 0.717) is 0 Å². The van der Waals surface area contributed by atoms with E-state index in [1.165, 1.54) is 6.42 Å². The number of benzene rings is 2. The minimum absolute atomic E-state index is 0.717. The number of aromatic amines is 1. The first kappa shape index (κ1) is 14.7. The molecule has 1 N–H and O–H groups in total. The number of anilines is 1. The SMILES string of the molecule is N#Cc1ccc(N2CCCCN2Cc2cn[nH]n2)c2ccccc12. The molecule has 0 aliphatic carbocycles. The minimum Gasteiger partial charge on any atom is -0.305 e. The van der Waals surface area contributed by atoms with Crippen LogP contribution in [0.15, 0.2) is 42.6 Å². The number of aromatic nitrogens is 3. The fourth-order valence-electron chi connectivity index (χ4n) is 3.35. The molecule has 1 saturated heterocycles. The van der Waals surface area contributed by atoms with Crippen LogP contribution in [0.2, 0.25) is 0 Å². The summed E-state index contributed by atoms with van der Waals surface area (Å²) in [6.07, 6.45) is 4.09. The summed E-state index contributed by atoms with van der Waals surface area (Å²) in [5, 5.41) is 26.9. The van der Waals surface area contributed by atoms with Crippen LogP contribution in [0.1, 0.15) is 24.1 Å². The van der Waals surface area contributed by atoms with Gasteiger partial charge in [-0.15, -0.1) is 0 Å². The van der Waals surface area contributed by atoms with Gasteiger partial charge in [0, 0.05) is 23.9 Å². The van der Waals surface area contributed by atoms with E-state index in [-0.39, 0.29) is 0 Å². The number of rotatable bonds is 3. The molecule has 0 unspecified atom stereocenters. The van der Waals surface area contributed by atoms with E-state index in [0.717, 1.165) is 53.8 Å². The highest BCUT2D eigenvalue weighted by Crippen LogP contribution is 2.32. The summed E-state index contributed by atoms with van der Waals surface area (Å²) in [6.45, 7) is 2.68. The Labute approximate surface area is 140 Å². The molecule has 2 aromatic carbocycles. The number of hydrogen-bond acceptors (Lipinski definition) is 5. The molecule has 0 atom stereocenters. The maximum atomic E-state index is 9.37. The third kappa shape index (κ3) is 2.59. The summed E-state index contributed by atoms with van der Waals surface area (Å²) < 4.78 is 0. The summed E-state index contributed by atoms with van der Waals surface area (Å²) in [5.41, 5.74) is 2.79. The molecule has 3 aromatic rings. The standard InChI is InChI=1S/C18H18N6/c19-11-14-7-8-18(17-6-2-1-5-16(14)17)24-10-4-3-9-23(24)13-15-12-20-22-21-15/h1-2,5-8,12H,3-4,9-10,13H2,(H,20,21,22). The van der Waals surface area contributed by atoms with Gasteiger partial charge in [0.2, 0.25) is 0 Å². The molecule has 2 heterocycles. The molecule has 0 spiro atoms. The van der Waals surface area contributed by atoms with Crippen LogP contribution in [0.25, 0.3) is 10.8 Å². The number of H-pyrrole nitrogens is 1. The molecule has 0 bridgehead atoms. The Balaban J connectivity index is 1.76. The fourth-order valence-corrected chi connectivity index (χ4v) is 3.35. The zero-order valence-corrected chi connectivity index (χ0v) is 13.3. The molecule has 120 valence electrons. The van der Waals surface area contributed by atoms with E-state index in [2.05, 4.69) is 43.6 Å². The van der Waals surface area contributed by atoms with Gasteiger partial charge >= 0.3 is 0 Å². The maximum absolute atomic E-state index is 9.37. The highest BCUT2D eigenvalue weighted by Gasteiger charge is 2.23. The Morgan fingerprint density at radius 1 is 1.08 bits per heavy atom. The van der Waals surface area contributed by atoms with Gasteiger partial charge in [0.05, 0.1) is 35.8 Å². The van der Waals surface area contributed by atoms with Crippen molar-refractivity contribution in [1.29, 1.82) is 5.26 Å². The fraction of sp³-hybridized carbons (Fsp3) is 0.278. The lowest BCUT2D eigenvalue weighted by molar-refractivity contribution is 0.202. The van der Waals surface area contributed by atoms with Crippen LogP contribution in [0.4, 0.5) is 5.69 Å². The summed E-state index contributed by atoms with van der Waals surface area (Å²) in [5.74, 6) is 0. The smallest absolute Gasteiger partial charge is 0.0998 e. The van der Waals surface area contributed by atoms with Crippen molar-refractivity contribution in [3.05, 3.63) is 53.9 Å². The molecule has 1 aliphatic heterocycles. The van der Waals surface area contributed by atoms with Crippen LogP contribution in [0.3, 0.4) is 0 Å². The summed E-state index contributed by atoms with van der Waals surface area (Å²) in [7, 11) is 0. The van der Waals surface area contributed by atoms with Gasteiger partial charge in [0.15, 0.2) is 0 Å². The van der Waals surface area contributed by atoms with E-state index in [9.17, 15) is 5.26 Å². The van der Waals surface area contributed by atoms with E-state index in [1.807, 2.05) is 24.3 Å². The van der Waals surface area contributed by atoms with Gasteiger partial charge in [-0.1, -0.05) is 24.3 Å². The van der Waals surface area contributed by atoms with Crippen molar-refractivity contribution in [2.24, 2.45) is 0 Å². The van der Waals surface area contributed by atoms with E-state index in [4.69, 9.17) is 0 Å². The molecule has 1 aliphatic rings. The van der Waals surface area contributed by atoms with Crippen LogP contribution in [0.5, 0.6) is 0 Å². The Bertz CT molecular complexity index is 880. The number of nitrogens with zero attached hydrogens (tertiary/aromatic N) is 5. The van der Waals surface area contributed by atoms with Gasteiger partial charge in [-0.05, 0) is 25.0 Å². The largest absolute Gasteiger partial charge is 0.305 e. The number of nitriles is 1. The second kappa shape index (κ2) is 6.30. The van der Waals surface area contributed by atoms with Gasteiger partial charge < -0.3 is 5.01 Å². The highest BCUT2D eigenvalue weighted by molar-refractivity contribution is 5.97. The molecule has 1 fully saturated rings. The van der Waals surface area contributed by atoms with E-state index >= 15 is 0 Å². The van der Waals surface area contributed by atoms with Crippen molar-refractivity contribution in [2.45, 2.75) is 19.4 Å². The molecule has 24 heavy (non-hydrogen) atoms. The quantitative estimate of drug-likeness (QED) is 0.804. The number of hydrazine groups is 1. The first-order chi connectivity index (χ1) is 11.9. The van der Waals surface area contributed by atoms with Crippen molar-refractivity contribution in [1.82, 2.24) is 20.4 Å². The van der Waals surface area contributed by atoms with Crippen molar-refractivity contribution >= 4 is 16.5 Å². The number of fused-ring (bicyclic) bond motifs is 1. The first-order valence-electron chi connectivity index (χ1n) is 8.16. The monoisotopic (exact) mass is 318 g/mol. The van der Waals surface area contributed by atoms with Crippen LogP contribution in [0, 0.1) is 11.3 Å². The van der Waals surface area contributed by atoms with Crippen molar-refractivity contribution in [3.63, 3.8) is 0 Å². The van der Waals surface area contributed by atoms with Crippen LogP contribution in [-0.2, 0) is 6.54 Å². The molecular formula is C18H18N6. The Hall–Kier alpha value is -2.91. The van der Waals surface area contributed by atoms with Gasteiger partial charge in [-0.25, -0.2) is 5.01 Å². The molecule has 0 radical (unpaired) electrons. The van der Waals surface area contributed by atoms with Crippen molar-refractivity contribution < 1.29 is 0 Å². The number of nitrogens with one attached hydrogen (secondary N) is 1. The Morgan fingerprint density at radius 3 is 2.71 bits per heavy atom.